The lowest BCUT2D eigenvalue weighted by Gasteiger charge is -2.23. The molecule has 0 saturated carbocycles. The van der Waals surface area contributed by atoms with Crippen molar-refractivity contribution in [2.45, 2.75) is 19.4 Å². The maximum absolute atomic E-state index is 12.4. The van der Waals surface area contributed by atoms with Gasteiger partial charge in [-0.05, 0) is 18.6 Å². The first-order valence-electron chi connectivity index (χ1n) is 8.26. The Morgan fingerprint density at radius 1 is 1.00 bits per heavy atom. The summed E-state index contributed by atoms with van der Waals surface area (Å²) in [5.74, 6) is 0. The largest absolute Gasteiger partial charge is 0.283 e. The predicted octanol–water partition coefficient (Wildman–Crippen LogP) is 2.48. The van der Waals surface area contributed by atoms with Crippen molar-refractivity contribution in [2.75, 3.05) is 17.2 Å². The molecule has 0 fully saturated rings. The van der Waals surface area contributed by atoms with Crippen molar-refractivity contribution in [2.24, 2.45) is 5.10 Å². The lowest BCUT2D eigenvalue weighted by Crippen LogP contribution is -2.27. The van der Waals surface area contributed by atoms with Crippen molar-refractivity contribution >= 4 is 31.4 Å². The van der Waals surface area contributed by atoms with Crippen molar-refractivity contribution in [3.63, 3.8) is 0 Å². The summed E-state index contributed by atoms with van der Waals surface area (Å²) < 4.78 is 51.7. The first-order valence-corrected chi connectivity index (χ1v) is 12.0. The smallest absolute Gasteiger partial charge is 0.247 e. The fraction of sp³-hybridized carbons (Fsp3) is 0.278. The van der Waals surface area contributed by atoms with Gasteiger partial charge in [-0.15, -0.1) is 0 Å². The predicted molar refractivity (Wildman–Crippen MR) is 107 cm³/mol. The number of rotatable bonds is 5. The molecule has 3 rings (SSSR count). The van der Waals surface area contributed by atoms with Crippen LogP contribution in [0.3, 0.4) is 0 Å². The molecule has 0 bridgehead atoms. The summed E-state index contributed by atoms with van der Waals surface area (Å²) in [6.07, 6.45) is 2.50. The molecule has 27 heavy (non-hydrogen) atoms. The molecule has 1 heterocycles. The van der Waals surface area contributed by atoms with E-state index in [2.05, 4.69) is 9.82 Å². The van der Waals surface area contributed by atoms with E-state index in [1.807, 2.05) is 31.2 Å². The van der Waals surface area contributed by atoms with Gasteiger partial charge >= 0.3 is 0 Å². The van der Waals surface area contributed by atoms with Crippen LogP contribution in [-0.4, -0.2) is 39.5 Å². The number of benzene rings is 2. The van der Waals surface area contributed by atoms with Gasteiger partial charge in [0.2, 0.25) is 20.0 Å². The van der Waals surface area contributed by atoms with Crippen molar-refractivity contribution in [1.29, 1.82) is 0 Å². The van der Waals surface area contributed by atoms with Gasteiger partial charge in [0.05, 0.1) is 30.0 Å². The molecular formula is C18H21N3O4S2. The molecule has 1 aliphatic heterocycles. The van der Waals surface area contributed by atoms with E-state index in [4.69, 9.17) is 0 Å². The van der Waals surface area contributed by atoms with E-state index in [1.54, 1.807) is 24.3 Å². The fourth-order valence-corrected chi connectivity index (χ4v) is 4.65. The van der Waals surface area contributed by atoms with Crippen molar-refractivity contribution in [3.8, 4) is 0 Å². The molecule has 7 nitrogen and oxygen atoms in total. The van der Waals surface area contributed by atoms with E-state index in [-0.39, 0.29) is 0 Å². The van der Waals surface area contributed by atoms with Crippen LogP contribution in [0.4, 0.5) is 5.69 Å². The molecule has 0 aliphatic carbocycles. The van der Waals surface area contributed by atoms with Gasteiger partial charge in [0, 0.05) is 17.5 Å². The third-order valence-corrected chi connectivity index (χ3v) is 5.89. The Morgan fingerprint density at radius 2 is 1.63 bits per heavy atom. The van der Waals surface area contributed by atoms with Crippen LogP contribution in [-0.2, 0) is 20.0 Å². The van der Waals surface area contributed by atoms with E-state index in [0.29, 0.717) is 23.4 Å². The summed E-state index contributed by atoms with van der Waals surface area (Å²) in [5.41, 5.74) is 3.42. The fourth-order valence-electron chi connectivity index (χ4n) is 3.17. The van der Waals surface area contributed by atoms with Gasteiger partial charge < -0.3 is 0 Å². The second kappa shape index (κ2) is 6.97. The summed E-state index contributed by atoms with van der Waals surface area (Å²) in [6, 6.07) is 13.8. The quantitative estimate of drug-likeness (QED) is 0.824. The number of aryl methyl sites for hydroxylation is 1. The van der Waals surface area contributed by atoms with Crippen LogP contribution >= 0.6 is 0 Å². The van der Waals surface area contributed by atoms with Crippen LogP contribution in [0, 0.1) is 6.92 Å². The van der Waals surface area contributed by atoms with E-state index >= 15 is 0 Å². The van der Waals surface area contributed by atoms with Crippen LogP contribution in [0.5, 0.6) is 0 Å². The van der Waals surface area contributed by atoms with E-state index in [1.165, 1.54) is 0 Å². The second-order valence-electron chi connectivity index (χ2n) is 6.58. The number of sulfonamides is 2. The van der Waals surface area contributed by atoms with Crippen LogP contribution in [0.25, 0.3) is 0 Å². The van der Waals surface area contributed by atoms with Crippen LogP contribution in [0.15, 0.2) is 53.6 Å². The van der Waals surface area contributed by atoms with E-state index in [0.717, 1.165) is 28.1 Å². The first-order chi connectivity index (χ1) is 12.6. The zero-order valence-electron chi connectivity index (χ0n) is 15.2. The molecule has 2 aromatic carbocycles. The zero-order chi connectivity index (χ0) is 19.8. The summed E-state index contributed by atoms with van der Waals surface area (Å²) in [6.45, 7) is 1.94. The molecule has 1 aliphatic rings. The van der Waals surface area contributed by atoms with Crippen LogP contribution in [0.2, 0.25) is 0 Å². The third kappa shape index (κ3) is 4.30. The van der Waals surface area contributed by atoms with Crippen LogP contribution < -0.4 is 4.72 Å². The van der Waals surface area contributed by atoms with Gasteiger partial charge in [0.25, 0.3) is 0 Å². The highest BCUT2D eigenvalue weighted by molar-refractivity contribution is 7.92. The molecule has 0 saturated heterocycles. The summed E-state index contributed by atoms with van der Waals surface area (Å²) in [4.78, 5) is 0. The lowest BCUT2D eigenvalue weighted by molar-refractivity contribution is 0.375. The molecule has 144 valence electrons. The number of hydrogen-bond donors (Lipinski definition) is 1. The summed E-state index contributed by atoms with van der Waals surface area (Å²) >= 11 is 0. The maximum atomic E-state index is 12.4. The number of anilines is 1. The Balaban J connectivity index is 2.08. The third-order valence-electron chi connectivity index (χ3n) is 4.28. The lowest BCUT2D eigenvalue weighted by atomic mass is 9.96. The average molecular weight is 408 g/mol. The van der Waals surface area contributed by atoms with E-state index in [9.17, 15) is 16.8 Å². The maximum Gasteiger partial charge on any atom is 0.247 e. The number of para-hydroxylation sites is 1. The van der Waals surface area contributed by atoms with Gasteiger partial charge in [-0.25, -0.2) is 16.8 Å². The molecule has 0 radical (unpaired) electrons. The minimum atomic E-state index is -3.65. The summed E-state index contributed by atoms with van der Waals surface area (Å²) in [7, 11) is -7.16. The highest BCUT2D eigenvalue weighted by Crippen LogP contribution is 2.38. The van der Waals surface area contributed by atoms with Crippen LogP contribution in [0.1, 0.15) is 29.2 Å². The molecular weight excluding hydrogens is 386 g/mol. The number of hydrazone groups is 1. The van der Waals surface area contributed by atoms with E-state index < -0.39 is 26.1 Å². The van der Waals surface area contributed by atoms with Crippen molar-refractivity contribution in [1.82, 2.24) is 4.41 Å². The molecule has 0 amide bonds. The van der Waals surface area contributed by atoms with Gasteiger partial charge in [-0.2, -0.15) is 9.52 Å². The summed E-state index contributed by atoms with van der Waals surface area (Å²) in [5, 5.41) is 4.37. The molecule has 1 N–H and O–H groups in total. The molecule has 1 atom stereocenters. The minimum absolute atomic E-state index is 0.347. The number of nitrogens with one attached hydrogen (secondary N) is 1. The van der Waals surface area contributed by atoms with Crippen molar-refractivity contribution < 1.29 is 16.8 Å². The number of nitrogens with zero attached hydrogens (tertiary/aromatic N) is 2. The monoisotopic (exact) mass is 407 g/mol. The minimum Gasteiger partial charge on any atom is -0.283 e. The topological polar surface area (TPSA) is 95.9 Å². The normalized spacial score (nSPS) is 17.7. The second-order valence-corrected chi connectivity index (χ2v) is 10.2. The first kappa shape index (κ1) is 19.4. The van der Waals surface area contributed by atoms with Gasteiger partial charge in [-0.1, -0.05) is 42.5 Å². The molecule has 0 unspecified atom stereocenters. The average Bonchev–Trinajstić information content (AvgIpc) is 2.99. The molecule has 0 spiro atoms. The Bertz CT molecular complexity index is 1110. The molecule has 2 aromatic rings. The van der Waals surface area contributed by atoms with Crippen molar-refractivity contribution in [3.05, 3.63) is 65.2 Å². The molecule has 9 heteroatoms. The Labute approximate surface area is 159 Å². The van der Waals surface area contributed by atoms with Gasteiger partial charge in [0.15, 0.2) is 0 Å². The zero-order valence-corrected chi connectivity index (χ0v) is 16.9. The molecule has 0 aromatic heterocycles. The SMILES string of the molecule is Cc1ccccc1C1=NN(S(C)(=O)=O)[C@H](c2ccccc2NS(C)(=O)=O)C1. The van der Waals surface area contributed by atoms with Gasteiger partial charge in [0.1, 0.15) is 0 Å². The Morgan fingerprint density at radius 3 is 2.26 bits per heavy atom. The Kier molecular flexibility index (Phi) is 5.00. The standard InChI is InChI=1S/C18H21N3O4S2/c1-13-8-4-5-9-14(13)17-12-18(21(19-17)27(3,24)25)15-10-6-7-11-16(15)20-26(2,22)23/h4-11,18,20H,12H2,1-3H3/t18-/m0/s1. The highest BCUT2D eigenvalue weighted by atomic mass is 32.2. The number of hydrogen-bond acceptors (Lipinski definition) is 5. The highest BCUT2D eigenvalue weighted by Gasteiger charge is 2.36. The Hall–Kier alpha value is -2.39. The van der Waals surface area contributed by atoms with Gasteiger partial charge in [-0.3, -0.25) is 4.72 Å².